The third-order valence-corrected chi connectivity index (χ3v) is 12.8. The highest BCUT2D eigenvalue weighted by molar-refractivity contribution is 5.91. The van der Waals surface area contributed by atoms with Gasteiger partial charge in [0.1, 0.15) is 23.3 Å². The van der Waals surface area contributed by atoms with Crippen molar-refractivity contribution in [3.05, 3.63) is 84.7 Å². The van der Waals surface area contributed by atoms with Crippen molar-refractivity contribution < 1.29 is 23.9 Å². The van der Waals surface area contributed by atoms with Crippen LogP contribution < -0.4 is 5.32 Å². The standard InChI is InChI=1S/C46H53N7O5/c1-26(2)38(51-43(55)57-6)42(54)53-34-16-15-33(21-34)39(53)41-48-23-35(50-41)28-9-7-27(8-10-28)29-11-12-31-20-32(14-13-30(31)19-29)36-24-47-40(49-36)37-22-46(17-18-46)25-52(37)44(56)58-45(3,4)5/h7-14,19-20,23-24,26,33-34,37-39H,15-18,21-22,25H2,1-6H3,(H,47,49)(H,48,50)(H,51,55)/t33-,34+,37-,38-,39-/m0/s1. The molecular weight excluding hydrogens is 731 g/mol. The van der Waals surface area contributed by atoms with E-state index in [4.69, 9.17) is 19.4 Å². The maximum Gasteiger partial charge on any atom is 0.410 e. The van der Waals surface area contributed by atoms with Crippen LogP contribution in [0.15, 0.2) is 73.1 Å². The molecule has 9 rings (SSSR count). The number of ether oxygens (including phenoxy) is 2. The van der Waals surface area contributed by atoms with Crippen molar-refractivity contribution in [3.63, 3.8) is 0 Å². The number of nitrogens with zero attached hydrogens (tertiary/aromatic N) is 4. The fraction of sp³-hybridized carbons (Fsp3) is 0.457. The summed E-state index contributed by atoms with van der Waals surface area (Å²) >= 11 is 0. The monoisotopic (exact) mass is 783 g/mol. The Kier molecular flexibility index (Phi) is 9.36. The topological polar surface area (TPSA) is 146 Å². The van der Waals surface area contributed by atoms with Gasteiger partial charge in [0.15, 0.2) is 0 Å². The largest absolute Gasteiger partial charge is 0.453 e. The van der Waals surface area contributed by atoms with E-state index in [0.717, 1.165) is 101 Å². The summed E-state index contributed by atoms with van der Waals surface area (Å²) in [5, 5.41) is 5.03. The molecule has 5 atom stereocenters. The molecule has 2 saturated heterocycles. The fourth-order valence-electron chi connectivity index (χ4n) is 9.59. The number of nitrogens with one attached hydrogen (secondary N) is 3. The molecule has 2 aliphatic carbocycles. The number of carbonyl (C=O) groups is 3. The van der Waals surface area contributed by atoms with E-state index in [2.05, 4.69) is 75.9 Å². The number of carbonyl (C=O) groups excluding carboxylic acids is 3. The van der Waals surface area contributed by atoms with E-state index in [1.54, 1.807) is 0 Å². The molecule has 4 heterocycles. The second-order valence-electron chi connectivity index (χ2n) is 18.3. The summed E-state index contributed by atoms with van der Waals surface area (Å²) in [6, 6.07) is 20.6. The second-order valence-corrected chi connectivity index (χ2v) is 18.3. The zero-order valence-corrected chi connectivity index (χ0v) is 34.2. The molecule has 4 fully saturated rings. The van der Waals surface area contributed by atoms with E-state index in [0.29, 0.717) is 5.92 Å². The number of hydrogen-bond acceptors (Lipinski definition) is 7. The molecule has 3 N–H and O–H groups in total. The summed E-state index contributed by atoms with van der Waals surface area (Å²) in [6.07, 6.45) is 9.01. The molecule has 0 radical (unpaired) electrons. The lowest BCUT2D eigenvalue weighted by molar-refractivity contribution is -0.139. The number of alkyl carbamates (subject to hydrolysis) is 1. The van der Waals surface area contributed by atoms with Crippen LogP contribution in [0.4, 0.5) is 9.59 Å². The zero-order valence-electron chi connectivity index (χ0n) is 34.2. The lowest BCUT2D eigenvalue weighted by Gasteiger charge is -2.37. The van der Waals surface area contributed by atoms with Gasteiger partial charge in [0.05, 0.1) is 43.0 Å². The highest BCUT2D eigenvalue weighted by Crippen LogP contribution is 2.58. The smallest absolute Gasteiger partial charge is 0.410 e. The van der Waals surface area contributed by atoms with Gasteiger partial charge in [-0.05, 0) is 116 Å². The number of aromatic amines is 2. The van der Waals surface area contributed by atoms with Gasteiger partial charge in [-0.3, -0.25) is 9.69 Å². The van der Waals surface area contributed by atoms with Crippen molar-refractivity contribution in [1.82, 2.24) is 35.1 Å². The Labute approximate surface area is 339 Å². The number of rotatable bonds is 8. The van der Waals surface area contributed by atoms with Crippen LogP contribution in [0.2, 0.25) is 0 Å². The lowest BCUT2D eigenvalue weighted by Crippen LogP contribution is -2.54. The molecule has 58 heavy (non-hydrogen) atoms. The molecule has 1 spiro atoms. The van der Waals surface area contributed by atoms with Gasteiger partial charge in [-0.2, -0.15) is 0 Å². The molecule has 302 valence electrons. The normalized spacial score (nSPS) is 22.5. The molecule has 5 aromatic rings. The van der Waals surface area contributed by atoms with Gasteiger partial charge in [0.2, 0.25) is 5.91 Å². The average molecular weight is 784 g/mol. The minimum absolute atomic E-state index is 0.0827. The third kappa shape index (κ3) is 7.11. The summed E-state index contributed by atoms with van der Waals surface area (Å²) < 4.78 is 10.6. The van der Waals surface area contributed by atoms with Gasteiger partial charge in [-0.1, -0.05) is 62.4 Å². The van der Waals surface area contributed by atoms with Gasteiger partial charge in [-0.15, -0.1) is 0 Å². The molecule has 12 nitrogen and oxygen atoms in total. The molecule has 12 heteroatoms. The third-order valence-electron chi connectivity index (χ3n) is 12.8. The summed E-state index contributed by atoms with van der Waals surface area (Å²) in [5.74, 6) is 1.74. The van der Waals surface area contributed by atoms with Crippen molar-refractivity contribution in [2.45, 2.75) is 103 Å². The first-order valence-electron chi connectivity index (χ1n) is 20.7. The first-order chi connectivity index (χ1) is 27.8. The lowest BCUT2D eigenvalue weighted by atomic mass is 9.95. The highest BCUT2D eigenvalue weighted by atomic mass is 16.6. The number of imidazole rings is 2. The van der Waals surface area contributed by atoms with Crippen LogP contribution in [-0.2, 0) is 14.3 Å². The van der Waals surface area contributed by atoms with E-state index >= 15 is 0 Å². The Bertz CT molecular complexity index is 2370. The molecule has 2 aromatic heterocycles. The first kappa shape index (κ1) is 37.9. The Morgan fingerprint density at radius 2 is 1.47 bits per heavy atom. The van der Waals surface area contributed by atoms with E-state index in [9.17, 15) is 14.4 Å². The minimum atomic E-state index is -0.672. The number of likely N-dealkylation sites (tertiary alicyclic amines) is 2. The summed E-state index contributed by atoms with van der Waals surface area (Å²) in [6.45, 7) is 10.3. The summed E-state index contributed by atoms with van der Waals surface area (Å²) in [7, 11) is 1.31. The number of H-pyrrole nitrogens is 2. The molecule has 3 amide bonds. The Balaban J connectivity index is 0.896. The van der Waals surface area contributed by atoms with Crippen molar-refractivity contribution in [1.29, 1.82) is 0 Å². The quantitative estimate of drug-likeness (QED) is 0.142. The van der Waals surface area contributed by atoms with E-state index < -0.39 is 17.7 Å². The molecular formula is C46H53N7O5. The summed E-state index contributed by atoms with van der Waals surface area (Å²) in [4.78, 5) is 59.8. The first-order valence-corrected chi connectivity index (χ1v) is 20.7. The van der Waals surface area contributed by atoms with Crippen molar-refractivity contribution >= 4 is 28.9 Å². The predicted molar refractivity (Wildman–Crippen MR) is 221 cm³/mol. The molecule has 2 saturated carbocycles. The predicted octanol–water partition coefficient (Wildman–Crippen LogP) is 9.18. The van der Waals surface area contributed by atoms with Gasteiger partial charge in [0.25, 0.3) is 0 Å². The molecule has 4 aliphatic rings. The van der Waals surface area contributed by atoms with Crippen LogP contribution in [-0.4, -0.2) is 79.2 Å². The molecule has 2 bridgehead atoms. The maximum absolute atomic E-state index is 13.9. The Hall–Kier alpha value is -5.65. The van der Waals surface area contributed by atoms with Crippen LogP contribution in [0.5, 0.6) is 0 Å². The number of hydrogen-bond donors (Lipinski definition) is 3. The zero-order chi connectivity index (χ0) is 40.5. The Morgan fingerprint density at radius 3 is 2.14 bits per heavy atom. The average Bonchev–Trinajstić information content (AvgIpc) is 3.83. The van der Waals surface area contributed by atoms with Crippen molar-refractivity contribution in [2.24, 2.45) is 17.3 Å². The van der Waals surface area contributed by atoms with Gasteiger partial charge >= 0.3 is 12.2 Å². The molecule has 3 aromatic carbocycles. The number of fused-ring (bicyclic) bond motifs is 3. The highest BCUT2D eigenvalue weighted by Gasteiger charge is 2.55. The number of piperidine rings is 1. The number of benzene rings is 3. The molecule has 2 aliphatic heterocycles. The summed E-state index contributed by atoms with van der Waals surface area (Å²) in [5.41, 5.74) is 5.75. The number of methoxy groups -OCH3 is 1. The van der Waals surface area contributed by atoms with Gasteiger partial charge < -0.3 is 29.7 Å². The van der Waals surface area contributed by atoms with Crippen LogP contribution in [0, 0.1) is 17.3 Å². The maximum atomic E-state index is 13.9. The van der Waals surface area contributed by atoms with Crippen molar-refractivity contribution in [2.75, 3.05) is 13.7 Å². The van der Waals surface area contributed by atoms with Crippen molar-refractivity contribution in [3.8, 4) is 33.6 Å². The van der Waals surface area contributed by atoms with Crippen LogP contribution in [0.3, 0.4) is 0 Å². The van der Waals surface area contributed by atoms with Crippen LogP contribution in [0.25, 0.3) is 44.4 Å². The van der Waals surface area contributed by atoms with E-state index in [1.807, 2.05) is 56.8 Å². The molecule has 0 unspecified atom stereocenters. The SMILES string of the molecule is COC(=O)N[C@H](C(=O)N1[C@@H]2CC[C@@H](C2)[C@H]1c1ncc(-c2ccc(-c3ccc4cc(-c5cnc([C@@H]6CC7(CC7)CN6C(=O)OC(C)(C)C)[nH]5)ccc4c3)cc2)[nH]1)C(C)C. The van der Waals surface area contributed by atoms with Crippen LogP contribution >= 0.6 is 0 Å². The number of aromatic nitrogens is 4. The van der Waals surface area contributed by atoms with E-state index in [-0.39, 0.29) is 41.5 Å². The number of amides is 3. The minimum Gasteiger partial charge on any atom is -0.453 e. The van der Waals surface area contributed by atoms with Crippen LogP contribution in [0.1, 0.15) is 96.9 Å². The van der Waals surface area contributed by atoms with E-state index in [1.165, 1.54) is 7.11 Å². The van der Waals surface area contributed by atoms with Gasteiger partial charge in [-0.25, -0.2) is 19.6 Å². The van der Waals surface area contributed by atoms with Gasteiger partial charge in [0, 0.05) is 18.2 Å². The fourth-order valence-corrected chi connectivity index (χ4v) is 9.59. The second kappa shape index (κ2) is 14.3. The Morgan fingerprint density at radius 1 is 0.845 bits per heavy atom.